The van der Waals surface area contributed by atoms with Gasteiger partial charge in [-0.2, -0.15) is 0 Å². The standard InChI is InChI=1S/C13H10O2.C12H16O2.C9H10O3.C6H5I.C2H4O2/c14-13(15)12-9-5-4-8-11(12)10-6-2-1-3-7-10;13-12(14)10-6-2-5-9-11-7-3-1-4-8-11;1-12-8(9(10)11)7-5-3-2-4-6-7;7-6-4-2-1-3-5-6;1-2(3)4/h1-9H,(H,14,15);1,3-4,7-8H,2,5-6,9-10H2,(H,13,14);2-6,8H,1H3,(H,10,11);1-5H;1H3,(H,3,4). The first-order chi connectivity index (χ1) is 25.0. The number of carbonyl (C=O) groups is 4. The minimum Gasteiger partial charge on any atom is -0.481 e. The summed E-state index contributed by atoms with van der Waals surface area (Å²) in [6.45, 7) is 1.08. The topological polar surface area (TPSA) is 158 Å². The Hall–Kier alpha value is -5.33. The Labute approximate surface area is 318 Å². The van der Waals surface area contributed by atoms with E-state index >= 15 is 0 Å². The van der Waals surface area contributed by atoms with Gasteiger partial charge in [-0.05, 0) is 82.3 Å². The van der Waals surface area contributed by atoms with Gasteiger partial charge in [0.2, 0.25) is 0 Å². The van der Waals surface area contributed by atoms with Crippen molar-refractivity contribution in [2.24, 2.45) is 0 Å². The van der Waals surface area contributed by atoms with E-state index in [1.807, 2.05) is 84.9 Å². The van der Waals surface area contributed by atoms with Crippen molar-refractivity contribution in [1.82, 2.24) is 0 Å². The van der Waals surface area contributed by atoms with E-state index in [0.717, 1.165) is 43.7 Å². The van der Waals surface area contributed by atoms with Crippen LogP contribution in [0.25, 0.3) is 11.1 Å². The maximum Gasteiger partial charge on any atom is 0.337 e. The van der Waals surface area contributed by atoms with Crippen LogP contribution in [-0.2, 0) is 25.5 Å². The van der Waals surface area contributed by atoms with E-state index in [-0.39, 0.29) is 0 Å². The Bertz CT molecular complexity index is 1710. The molecule has 0 heterocycles. The second-order valence-corrected chi connectivity index (χ2v) is 12.1. The Balaban J connectivity index is 0.000000343. The first-order valence-corrected chi connectivity index (χ1v) is 17.4. The molecular formula is C42H45IO9. The van der Waals surface area contributed by atoms with Crippen molar-refractivity contribution >= 4 is 46.5 Å². The Morgan fingerprint density at radius 1 is 0.615 bits per heavy atom. The molecule has 9 nitrogen and oxygen atoms in total. The number of halogens is 1. The highest BCUT2D eigenvalue weighted by molar-refractivity contribution is 14.1. The van der Waals surface area contributed by atoms with Gasteiger partial charge in [0.15, 0.2) is 6.10 Å². The third-order valence-electron chi connectivity index (χ3n) is 6.74. The van der Waals surface area contributed by atoms with E-state index in [2.05, 4.69) is 46.9 Å². The van der Waals surface area contributed by atoms with Crippen LogP contribution in [0.1, 0.15) is 60.2 Å². The minimum atomic E-state index is -0.969. The number of hydrogen-bond donors (Lipinski definition) is 4. The van der Waals surface area contributed by atoms with Crippen LogP contribution in [0.5, 0.6) is 0 Å². The molecule has 0 aliphatic carbocycles. The molecule has 1 atom stereocenters. The van der Waals surface area contributed by atoms with Gasteiger partial charge in [-0.15, -0.1) is 0 Å². The number of benzene rings is 5. The Morgan fingerprint density at radius 3 is 1.52 bits per heavy atom. The molecule has 0 saturated heterocycles. The van der Waals surface area contributed by atoms with E-state index in [4.69, 9.17) is 30.0 Å². The van der Waals surface area contributed by atoms with Crippen molar-refractivity contribution in [3.8, 4) is 11.1 Å². The van der Waals surface area contributed by atoms with Gasteiger partial charge in [0, 0.05) is 24.0 Å². The summed E-state index contributed by atoms with van der Waals surface area (Å²) in [5.74, 6) is -3.39. The number of rotatable bonds is 11. The predicted molar refractivity (Wildman–Crippen MR) is 211 cm³/mol. The summed E-state index contributed by atoms with van der Waals surface area (Å²) in [4.78, 5) is 40.8. The number of carboxylic acids is 4. The van der Waals surface area contributed by atoms with Gasteiger partial charge in [0.1, 0.15) is 0 Å². The van der Waals surface area contributed by atoms with Crippen LogP contribution in [0, 0.1) is 3.57 Å². The van der Waals surface area contributed by atoms with Crippen LogP contribution in [-0.4, -0.2) is 51.4 Å². The average Bonchev–Trinajstić information content (AvgIpc) is 3.14. The number of aliphatic carboxylic acids is 3. The molecular weight excluding hydrogens is 775 g/mol. The van der Waals surface area contributed by atoms with Crippen molar-refractivity contribution in [3.63, 3.8) is 0 Å². The molecule has 0 bridgehead atoms. The summed E-state index contributed by atoms with van der Waals surface area (Å²) in [6, 6.07) is 45.9. The Kier molecular flexibility index (Phi) is 23.5. The van der Waals surface area contributed by atoms with Gasteiger partial charge in [-0.3, -0.25) is 9.59 Å². The lowest BCUT2D eigenvalue weighted by molar-refractivity contribution is -0.149. The van der Waals surface area contributed by atoms with Gasteiger partial charge in [-0.1, -0.05) is 134 Å². The molecule has 0 fully saturated rings. The molecule has 4 N–H and O–H groups in total. The highest BCUT2D eigenvalue weighted by Crippen LogP contribution is 2.23. The number of methoxy groups -OCH3 is 1. The van der Waals surface area contributed by atoms with Gasteiger partial charge in [-0.25, -0.2) is 9.59 Å². The smallest absolute Gasteiger partial charge is 0.337 e. The number of aromatic carboxylic acids is 1. The quantitative estimate of drug-likeness (QED) is 0.0752. The number of unbranched alkanes of at least 4 members (excludes halogenated alkanes) is 2. The molecule has 0 aromatic heterocycles. The van der Waals surface area contributed by atoms with Crippen LogP contribution in [0.2, 0.25) is 0 Å². The summed E-state index contributed by atoms with van der Waals surface area (Å²) >= 11 is 2.28. The number of ether oxygens (including phenoxy) is 1. The number of hydrogen-bond acceptors (Lipinski definition) is 5. The van der Waals surface area contributed by atoms with Crippen LogP contribution >= 0.6 is 22.6 Å². The fraction of sp³-hybridized carbons (Fsp3) is 0.190. The van der Waals surface area contributed by atoms with E-state index in [1.54, 1.807) is 36.4 Å². The molecule has 5 aromatic carbocycles. The maximum atomic E-state index is 11.0. The van der Waals surface area contributed by atoms with Gasteiger partial charge >= 0.3 is 17.9 Å². The monoisotopic (exact) mass is 820 g/mol. The Morgan fingerprint density at radius 2 is 1.08 bits per heavy atom. The predicted octanol–water partition coefficient (Wildman–Crippen LogP) is 9.77. The molecule has 10 heteroatoms. The van der Waals surface area contributed by atoms with Gasteiger partial charge in [0.05, 0.1) is 5.56 Å². The molecule has 0 amide bonds. The van der Waals surface area contributed by atoms with Crippen LogP contribution in [0.15, 0.2) is 146 Å². The summed E-state index contributed by atoms with van der Waals surface area (Å²) in [6.07, 6.45) is 3.38. The lowest BCUT2D eigenvalue weighted by Crippen LogP contribution is -2.12. The lowest BCUT2D eigenvalue weighted by Gasteiger charge is -2.09. The van der Waals surface area contributed by atoms with E-state index in [1.165, 1.54) is 16.2 Å². The molecule has 52 heavy (non-hydrogen) atoms. The first kappa shape index (κ1) is 44.7. The van der Waals surface area contributed by atoms with Crippen LogP contribution in [0.4, 0.5) is 0 Å². The first-order valence-electron chi connectivity index (χ1n) is 16.3. The zero-order chi connectivity index (χ0) is 38.6. The molecule has 0 spiro atoms. The van der Waals surface area contributed by atoms with Gasteiger partial charge < -0.3 is 25.2 Å². The summed E-state index contributed by atoms with van der Waals surface area (Å²) in [7, 11) is 1.38. The molecule has 0 saturated carbocycles. The van der Waals surface area contributed by atoms with Crippen LogP contribution < -0.4 is 0 Å². The van der Waals surface area contributed by atoms with Crippen molar-refractivity contribution in [3.05, 3.63) is 166 Å². The van der Waals surface area contributed by atoms with Crippen molar-refractivity contribution in [2.75, 3.05) is 7.11 Å². The van der Waals surface area contributed by atoms with Crippen molar-refractivity contribution in [2.45, 2.75) is 45.1 Å². The van der Waals surface area contributed by atoms with Crippen LogP contribution in [0.3, 0.4) is 0 Å². The number of aryl methyl sites for hydroxylation is 1. The number of carboxylic acid groups (broad SMARTS) is 4. The minimum absolute atomic E-state index is 0.300. The second-order valence-electron chi connectivity index (χ2n) is 10.8. The zero-order valence-electron chi connectivity index (χ0n) is 29.2. The molecule has 0 aliphatic rings. The zero-order valence-corrected chi connectivity index (χ0v) is 31.3. The highest BCUT2D eigenvalue weighted by Gasteiger charge is 2.17. The van der Waals surface area contributed by atoms with Gasteiger partial charge in [0.25, 0.3) is 5.97 Å². The SMILES string of the molecule is CC(=O)O.COC(C(=O)O)c1ccccc1.Ic1ccccc1.O=C(O)CCCCCc1ccccc1.O=C(O)c1ccccc1-c1ccccc1. The molecule has 1 unspecified atom stereocenters. The fourth-order valence-corrected chi connectivity index (χ4v) is 4.80. The van der Waals surface area contributed by atoms with E-state index in [9.17, 15) is 14.4 Å². The lowest BCUT2D eigenvalue weighted by atomic mass is 10.00. The average molecular weight is 821 g/mol. The summed E-state index contributed by atoms with van der Waals surface area (Å²) in [5, 5.41) is 33.6. The molecule has 5 aromatic rings. The summed E-state index contributed by atoms with van der Waals surface area (Å²) < 4.78 is 6.09. The van der Waals surface area contributed by atoms with E-state index < -0.39 is 30.0 Å². The summed E-state index contributed by atoms with van der Waals surface area (Å²) in [5.41, 5.74) is 4.01. The third-order valence-corrected chi connectivity index (χ3v) is 7.46. The second kappa shape index (κ2) is 27.4. The normalized spacial score (nSPS) is 10.1. The molecule has 0 aliphatic heterocycles. The molecule has 5 rings (SSSR count). The molecule has 274 valence electrons. The van der Waals surface area contributed by atoms with Crippen molar-refractivity contribution < 1.29 is 44.3 Å². The third kappa shape index (κ3) is 21.0. The van der Waals surface area contributed by atoms with E-state index in [0.29, 0.717) is 17.5 Å². The fourth-order valence-electron chi connectivity index (χ4n) is 4.39. The highest BCUT2D eigenvalue weighted by atomic mass is 127. The van der Waals surface area contributed by atoms with Crippen molar-refractivity contribution in [1.29, 1.82) is 0 Å². The molecule has 0 radical (unpaired) electrons. The maximum absolute atomic E-state index is 11.0. The largest absolute Gasteiger partial charge is 0.481 e.